The van der Waals surface area contributed by atoms with Crippen LogP contribution in [-0.4, -0.2) is 65.3 Å². The second-order valence-electron chi connectivity index (χ2n) is 5.37. The molecule has 1 aliphatic rings. The van der Waals surface area contributed by atoms with E-state index < -0.39 is 16.0 Å². The Labute approximate surface area is 136 Å². The first-order chi connectivity index (χ1) is 10.9. The van der Waals surface area contributed by atoms with Crippen LogP contribution in [0.25, 0.3) is 0 Å². The van der Waals surface area contributed by atoms with Gasteiger partial charge in [-0.15, -0.1) is 0 Å². The van der Waals surface area contributed by atoms with Crippen LogP contribution in [0.4, 0.5) is 0 Å². The summed E-state index contributed by atoms with van der Waals surface area (Å²) in [6, 6.07) is 5.87. The van der Waals surface area contributed by atoms with E-state index in [1.165, 1.54) is 31.4 Å². The summed E-state index contributed by atoms with van der Waals surface area (Å²) in [4.78, 5) is 13.7. The lowest BCUT2D eigenvalue weighted by molar-refractivity contribution is 0.0213. The van der Waals surface area contributed by atoms with Crippen molar-refractivity contribution in [3.8, 4) is 0 Å². The number of rotatable bonds is 6. The molecule has 0 amide bonds. The standard InChI is InChI=1S/C15H22N2O5S/c1-12(17-6-8-22-9-7-17)11-16-23(19,20)14-5-3-4-13(10-14)15(18)21-2/h3-5,10,12,16H,6-9,11H2,1-2H3/t12-/m0/s1. The third kappa shape index (κ3) is 4.74. The summed E-state index contributed by atoms with van der Waals surface area (Å²) in [5.74, 6) is -0.566. The zero-order chi connectivity index (χ0) is 16.9. The maximum absolute atomic E-state index is 12.4. The Kier molecular flexibility index (Phi) is 6.11. The number of carbonyl (C=O) groups is 1. The van der Waals surface area contributed by atoms with Crippen LogP contribution in [-0.2, 0) is 19.5 Å². The highest BCUT2D eigenvalue weighted by Gasteiger charge is 2.21. The highest BCUT2D eigenvalue weighted by atomic mass is 32.2. The van der Waals surface area contributed by atoms with Crippen LogP contribution in [0.5, 0.6) is 0 Å². The molecule has 1 aliphatic heterocycles. The number of ether oxygens (including phenoxy) is 2. The quantitative estimate of drug-likeness (QED) is 0.757. The SMILES string of the molecule is COC(=O)c1cccc(S(=O)(=O)NC[C@H](C)N2CCOCC2)c1. The first kappa shape index (κ1) is 17.9. The van der Waals surface area contributed by atoms with Crippen molar-refractivity contribution < 1.29 is 22.7 Å². The van der Waals surface area contributed by atoms with Gasteiger partial charge >= 0.3 is 5.97 Å². The Morgan fingerprint density at radius 1 is 1.39 bits per heavy atom. The van der Waals surface area contributed by atoms with Gasteiger partial charge in [0.25, 0.3) is 0 Å². The molecule has 0 radical (unpaired) electrons. The largest absolute Gasteiger partial charge is 0.465 e. The molecule has 128 valence electrons. The number of methoxy groups -OCH3 is 1. The number of hydrogen-bond donors (Lipinski definition) is 1. The topological polar surface area (TPSA) is 84.9 Å². The van der Waals surface area contributed by atoms with Gasteiger partial charge in [-0.3, -0.25) is 4.90 Å². The molecule has 1 aromatic rings. The van der Waals surface area contributed by atoms with Crippen LogP contribution in [0.2, 0.25) is 0 Å². The van der Waals surface area contributed by atoms with E-state index in [0.717, 1.165) is 13.1 Å². The first-order valence-corrected chi connectivity index (χ1v) is 8.92. The van der Waals surface area contributed by atoms with Gasteiger partial charge in [0.1, 0.15) is 0 Å². The third-order valence-corrected chi connectivity index (χ3v) is 5.22. The summed E-state index contributed by atoms with van der Waals surface area (Å²) in [7, 11) is -2.42. The molecule has 0 aromatic heterocycles. The summed E-state index contributed by atoms with van der Waals surface area (Å²) in [6.07, 6.45) is 0. The molecular formula is C15H22N2O5S. The fraction of sp³-hybridized carbons (Fsp3) is 0.533. The van der Waals surface area contributed by atoms with E-state index in [1.807, 2.05) is 6.92 Å². The van der Waals surface area contributed by atoms with Crippen molar-refractivity contribution in [3.63, 3.8) is 0 Å². The molecule has 1 saturated heterocycles. The lowest BCUT2D eigenvalue weighted by atomic mass is 10.2. The van der Waals surface area contributed by atoms with Crippen molar-refractivity contribution in [2.75, 3.05) is 40.0 Å². The Balaban J connectivity index is 2.02. The smallest absolute Gasteiger partial charge is 0.337 e. The molecule has 0 aliphatic carbocycles. The fourth-order valence-electron chi connectivity index (χ4n) is 2.37. The average Bonchev–Trinajstić information content (AvgIpc) is 2.60. The van der Waals surface area contributed by atoms with E-state index >= 15 is 0 Å². The highest BCUT2D eigenvalue weighted by Crippen LogP contribution is 2.13. The van der Waals surface area contributed by atoms with Crippen molar-refractivity contribution in [3.05, 3.63) is 29.8 Å². The third-order valence-electron chi connectivity index (χ3n) is 3.80. The number of nitrogens with zero attached hydrogens (tertiary/aromatic N) is 1. The van der Waals surface area contributed by atoms with Crippen molar-refractivity contribution in [2.24, 2.45) is 0 Å². The van der Waals surface area contributed by atoms with Gasteiger partial charge in [0.2, 0.25) is 10.0 Å². The minimum Gasteiger partial charge on any atom is -0.465 e. The minimum atomic E-state index is -3.67. The van der Waals surface area contributed by atoms with Crippen molar-refractivity contribution in [1.29, 1.82) is 0 Å². The molecule has 1 N–H and O–H groups in total. The number of benzene rings is 1. The summed E-state index contributed by atoms with van der Waals surface area (Å²) in [5.41, 5.74) is 0.205. The molecule has 1 atom stereocenters. The van der Waals surface area contributed by atoms with Gasteiger partial charge in [-0.05, 0) is 25.1 Å². The first-order valence-electron chi connectivity index (χ1n) is 7.44. The number of morpholine rings is 1. The fourth-order valence-corrected chi connectivity index (χ4v) is 3.54. The van der Waals surface area contributed by atoms with Crippen molar-refractivity contribution in [1.82, 2.24) is 9.62 Å². The van der Waals surface area contributed by atoms with Crippen LogP contribution in [0.1, 0.15) is 17.3 Å². The van der Waals surface area contributed by atoms with E-state index in [9.17, 15) is 13.2 Å². The molecule has 1 heterocycles. The molecule has 1 aromatic carbocycles. The van der Waals surface area contributed by atoms with Crippen molar-refractivity contribution in [2.45, 2.75) is 17.9 Å². The lowest BCUT2D eigenvalue weighted by Crippen LogP contribution is -2.47. The monoisotopic (exact) mass is 342 g/mol. The maximum atomic E-state index is 12.4. The van der Waals surface area contributed by atoms with E-state index in [2.05, 4.69) is 14.4 Å². The summed E-state index contributed by atoms with van der Waals surface area (Å²) >= 11 is 0. The van der Waals surface area contributed by atoms with E-state index in [-0.39, 0.29) is 16.5 Å². The van der Waals surface area contributed by atoms with Crippen LogP contribution in [0.3, 0.4) is 0 Å². The van der Waals surface area contributed by atoms with E-state index in [1.54, 1.807) is 0 Å². The normalized spacial score (nSPS) is 17.7. The second kappa shape index (κ2) is 7.87. The molecule has 0 saturated carbocycles. The van der Waals surface area contributed by atoms with Gasteiger partial charge in [-0.1, -0.05) is 6.07 Å². The Hall–Kier alpha value is -1.48. The van der Waals surface area contributed by atoms with Crippen molar-refractivity contribution >= 4 is 16.0 Å². The van der Waals surface area contributed by atoms with Gasteiger partial charge in [0.15, 0.2) is 0 Å². The summed E-state index contributed by atoms with van der Waals surface area (Å²) in [5, 5.41) is 0. The Morgan fingerprint density at radius 2 is 2.09 bits per heavy atom. The van der Waals surface area contributed by atoms with Gasteiger partial charge in [-0.25, -0.2) is 17.9 Å². The van der Waals surface area contributed by atoms with Gasteiger partial charge in [0, 0.05) is 25.7 Å². The molecule has 0 bridgehead atoms. The van der Waals surface area contributed by atoms with Gasteiger partial charge in [-0.2, -0.15) is 0 Å². The number of sulfonamides is 1. The molecule has 0 unspecified atom stereocenters. The number of carbonyl (C=O) groups excluding carboxylic acids is 1. The van der Waals surface area contributed by atoms with E-state index in [0.29, 0.717) is 19.8 Å². The number of hydrogen-bond acceptors (Lipinski definition) is 6. The van der Waals surface area contributed by atoms with Crippen LogP contribution in [0.15, 0.2) is 29.2 Å². The number of nitrogens with one attached hydrogen (secondary N) is 1. The van der Waals surface area contributed by atoms with Gasteiger partial charge in [0.05, 0.1) is 30.8 Å². The minimum absolute atomic E-state index is 0.0505. The predicted octanol–water partition coefficient (Wildman–Crippen LogP) is 0.472. The second-order valence-corrected chi connectivity index (χ2v) is 7.14. The van der Waals surface area contributed by atoms with Gasteiger partial charge < -0.3 is 9.47 Å². The molecule has 2 rings (SSSR count). The lowest BCUT2D eigenvalue weighted by Gasteiger charge is -2.32. The van der Waals surface area contributed by atoms with Crippen LogP contribution < -0.4 is 4.72 Å². The zero-order valence-corrected chi connectivity index (χ0v) is 14.1. The van der Waals surface area contributed by atoms with Crippen LogP contribution >= 0.6 is 0 Å². The molecular weight excluding hydrogens is 320 g/mol. The Bertz CT molecular complexity index is 641. The maximum Gasteiger partial charge on any atom is 0.337 e. The summed E-state index contributed by atoms with van der Waals surface area (Å²) in [6.45, 7) is 5.18. The van der Waals surface area contributed by atoms with Crippen LogP contribution in [0, 0.1) is 0 Å². The molecule has 0 spiro atoms. The zero-order valence-electron chi connectivity index (χ0n) is 13.3. The molecule has 8 heteroatoms. The van der Waals surface area contributed by atoms with E-state index in [4.69, 9.17) is 4.74 Å². The molecule has 1 fully saturated rings. The highest BCUT2D eigenvalue weighted by molar-refractivity contribution is 7.89. The average molecular weight is 342 g/mol. The predicted molar refractivity (Wildman–Crippen MR) is 84.8 cm³/mol. The Morgan fingerprint density at radius 3 is 2.74 bits per heavy atom. The molecule has 23 heavy (non-hydrogen) atoms. The molecule has 7 nitrogen and oxygen atoms in total. The summed E-state index contributed by atoms with van der Waals surface area (Å²) < 4.78 is 37.2. The number of esters is 1.